The highest BCUT2D eigenvalue weighted by Crippen LogP contribution is 2.51. The number of benzene rings is 3. The van der Waals surface area contributed by atoms with Gasteiger partial charge in [-0.15, -0.1) is 0 Å². The van der Waals surface area contributed by atoms with E-state index in [-0.39, 0.29) is 28.4 Å². The van der Waals surface area contributed by atoms with Crippen molar-refractivity contribution < 1.29 is 23.9 Å². The lowest BCUT2D eigenvalue weighted by molar-refractivity contribution is -0.129. The summed E-state index contributed by atoms with van der Waals surface area (Å²) in [6, 6.07) is 22.2. The summed E-state index contributed by atoms with van der Waals surface area (Å²) in [6.45, 7) is 13.3. The number of ether oxygens (including phenoxy) is 1. The Morgan fingerprint density at radius 2 is 1.40 bits per heavy atom. The molecule has 3 aromatic carbocycles. The van der Waals surface area contributed by atoms with Crippen LogP contribution in [0.3, 0.4) is 0 Å². The molecule has 8 nitrogen and oxygen atoms in total. The zero-order chi connectivity index (χ0) is 34.0. The van der Waals surface area contributed by atoms with Crippen LogP contribution in [0.25, 0.3) is 11.1 Å². The van der Waals surface area contributed by atoms with E-state index in [2.05, 4.69) is 55.7 Å². The lowest BCUT2D eigenvalue weighted by Gasteiger charge is -2.32. The first-order valence-corrected chi connectivity index (χ1v) is 16.6. The minimum absolute atomic E-state index is 0.0107. The largest absolute Gasteiger partial charge is 0.456 e. The molecular weight excluding hydrogens is 590 g/mol. The summed E-state index contributed by atoms with van der Waals surface area (Å²) in [6.07, 6.45) is 2.54. The van der Waals surface area contributed by atoms with E-state index < -0.39 is 28.9 Å². The van der Waals surface area contributed by atoms with E-state index in [1.165, 1.54) is 0 Å². The van der Waals surface area contributed by atoms with E-state index in [0.29, 0.717) is 38.9 Å². The van der Waals surface area contributed by atoms with Gasteiger partial charge in [-0.25, -0.2) is 4.79 Å². The van der Waals surface area contributed by atoms with Gasteiger partial charge in [-0.1, -0.05) is 81.4 Å². The summed E-state index contributed by atoms with van der Waals surface area (Å²) in [5.74, 6) is -1.19. The van der Waals surface area contributed by atoms with E-state index in [9.17, 15) is 19.2 Å². The number of carbonyl (C=O) groups excluding carboxylic acids is 4. The average Bonchev–Trinajstić information content (AvgIpc) is 3.51. The number of amides is 3. The molecule has 3 amide bonds. The molecule has 0 radical (unpaired) electrons. The zero-order valence-electron chi connectivity index (χ0n) is 28.4. The molecule has 0 spiro atoms. The standard InChI is InChI=1S/C39H47N3O5/c1-37(2,3)25-40-36(46)39(30-19-11-9-15-26(30)27-16-10-12-20-31(27)39)22-13-14-23-42-24-21-32(34(42)44)41-33(43)28-17-7-8-18-29(28)35(45)47-38(4,5)6/h7-12,15-20,32H,13-14,21-25H2,1-6H3,(H,40,46)(H,41,43). The van der Waals surface area contributed by atoms with Crippen molar-refractivity contribution in [1.29, 1.82) is 0 Å². The molecule has 0 saturated carbocycles. The number of hydrogen-bond donors (Lipinski definition) is 2. The normalized spacial score (nSPS) is 16.8. The second-order valence-corrected chi connectivity index (χ2v) is 14.9. The number of carbonyl (C=O) groups is 4. The Kier molecular flexibility index (Phi) is 9.62. The van der Waals surface area contributed by atoms with Gasteiger partial charge in [0.25, 0.3) is 5.91 Å². The second kappa shape index (κ2) is 13.3. The quantitative estimate of drug-likeness (QED) is 0.201. The maximum atomic E-state index is 14.2. The van der Waals surface area contributed by atoms with E-state index in [0.717, 1.165) is 28.7 Å². The number of fused-ring (bicyclic) bond motifs is 3. The Bertz CT molecular complexity index is 1620. The molecule has 8 heteroatoms. The molecule has 0 bridgehead atoms. The van der Waals surface area contributed by atoms with Crippen molar-refractivity contribution in [3.8, 4) is 11.1 Å². The maximum absolute atomic E-state index is 14.2. The number of nitrogens with zero attached hydrogens (tertiary/aromatic N) is 1. The zero-order valence-corrected chi connectivity index (χ0v) is 28.4. The van der Waals surface area contributed by atoms with Gasteiger partial charge in [-0.05, 0) is 86.3 Å². The van der Waals surface area contributed by atoms with Crippen LogP contribution in [0.4, 0.5) is 0 Å². The molecule has 2 N–H and O–H groups in total. The minimum atomic E-state index is -0.814. The Balaban J connectivity index is 1.25. The van der Waals surface area contributed by atoms with Gasteiger partial charge >= 0.3 is 5.97 Å². The number of unbranched alkanes of at least 4 members (excludes halogenated alkanes) is 1. The van der Waals surface area contributed by atoms with E-state index in [1.807, 2.05) is 24.3 Å². The lowest BCUT2D eigenvalue weighted by atomic mass is 9.73. The second-order valence-electron chi connectivity index (χ2n) is 14.9. The molecule has 1 atom stereocenters. The van der Waals surface area contributed by atoms with Gasteiger partial charge in [0.2, 0.25) is 11.8 Å². The molecule has 47 heavy (non-hydrogen) atoms. The molecule has 5 rings (SSSR count). The number of likely N-dealkylation sites (tertiary alicyclic amines) is 1. The summed E-state index contributed by atoms with van der Waals surface area (Å²) in [7, 11) is 0. The number of esters is 1. The van der Waals surface area contributed by atoms with Crippen LogP contribution < -0.4 is 10.6 Å². The summed E-state index contributed by atoms with van der Waals surface area (Å²) < 4.78 is 5.48. The fraction of sp³-hybridized carbons (Fsp3) is 0.436. The Hall–Kier alpha value is -4.46. The van der Waals surface area contributed by atoms with Crippen molar-refractivity contribution in [1.82, 2.24) is 15.5 Å². The molecule has 248 valence electrons. The van der Waals surface area contributed by atoms with Crippen molar-refractivity contribution >= 4 is 23.7 Å². The third-order valence-corrected chi connectivity index (χ3v) is 8.85. The van der Waals surface area contributed by atoms with Crippen LogP contribution in [0.1, 0.15) is 99.1 Å². The van der Waals surface area contributed by atoms with Crippen molar-refractivity contribution in [2.45, 2.75) is 84.3 Å². The Morgan fingerprint density at radius 1 is 0.830 bits per heavy atom. The average molecular weight is 638 g/mol. The highest BCUT2D eigenvalue weighted by molar-refractivity contribution is 6.06. The molecule has 3 aromatic rings. The molecule has 0 aromatic heterocycles. The van der Waals surface area contributed by atoms with Crippen LogP contribution in [-0.2, 0) is 19.7 Å². The molecule has 1 heterocycles. The van der Waals surface area contributed by atoms with Crippen LogP contribution in [0.2, 0.25) is 0 Å². The van der Waals surface area contributed by atoms with Gasteiger partial charge in [0.05, 0.1) is 11.1 Å². The van der Waals surface area contributed by atoms with E-state index >= 15 is 0 Å². The summed E-state index contributed by atoms with van der Waals surface area (Å²) >= 11 is 0. The Labute approximate surface area is 278 Å². The number of hydrogen-bond acceptors (Lipinski definition) is 5. The topological polar surface area (TPSA) is 105 Å². The van der Waals surface area contributed by atoms with Gasteiger partial charge < -0.3 is 20.3 Å². The third-order valence-electron chi connectivity index (χ3n) is 8.85. The molecule has 2 aliphatic rings. The van der Waals surface area contributed by atoms with Crippen LogP contribution >= 0.6 is 0 Å². The molecule has 1 aliphatic heterocycles. The fourth-order valence-corrected chi connectivity index (χ4v) is 6.67. The smallest absolute Gasteiger partial charge is 0.339 e. The minimum Gasteiger partial charge on any atom is -0.456 e. The molecule has 1 aliphatic carbocycles. The molecule has 1 saturated heterocycles. The predicted molar refractivity (Wildman–Crippen MR) is 183 cm³/mol. The highest BCUT2D eigenvalue weighted by atomic mass is 16.6. The Morgan fingerprint density at radius 3 is 2.00 bits per heavy atom. The van der Waals surface area contributed by atoms with Crippen LogP contribution in [0.5, 0.6) is 0 Å². The van der Waals surface area contributed by atoms with Crippen molar-refractivity contribution in [2.75, 3.05) is 19.6 Å². The highest BCUT2D eigenvalue weighted by Gasteiger charge is 2.48. The van der Waals surface area contributed by atoms with Crippen LogP contribution in [0, 0.1) is 5.41 Å². The summed E-state index contributed by atoms with van der Waals surface area (Å²) in [5, 5.41) is 6.11. The van der Waals surface area contributed by atoms with Crippen LogP contribution in [0.15, 0.2) is 72.8 Å². The van der Waals surface area contributed by atoms with Gasteiger partial charge in [0, 0.05) is 19.6 Å². The van der Waals surface area contributed by atoms with Crippen molar-refractivity contribution in [3.05, 3.63) is 95.1 Å². The van der Waals surface area contributed by atoms with Crippen molar-refractivity contribution in [2.24, 2.45) is 5.41 Å². The van der Waals surface area contributed by atoms with E-state index in [4.69, 9.17) is 4.74 Å². The van der Waals surface area contributed by atoms with Gasteiger partial charge in [-0.3, -0.25) is 14.4 Å². The third kappa shape index (κ3) is 7.27. The first-order valence-electron chi connectivity index (χ1n) is 16.6. The number of nitrogens with one attached hydrogen (secondary N) is 2. The van der Waals surface area contributed by atoms with Crippen LogP contribution in [-0.4, -0.2) is 59.9 Å². The van der Waals surface area contributed by atoms with E-state index in [1.54, 1.807) is 49.9 Å². The number of rotatable bonds is 10. The van der Waals surface area contributed by atoms with Gasteiger partial charge in [0.15, 0.2) is 0 Å². The fourth-order valence-electron chi connectivity index (χ4n) is 6.67. The summed E-state index contributed by atoms with van der Waals surface area (Å²) in [4.78, 5) is 55.3. The SMILES string of the molecule is CC(C)(C)CNC(=O)C1(CCCCN2CCC(NC(=O)c3ccccc3C(=O)OC(C)(C)C)C2=O)c2ccccc2-c2ccccc21. The monoisotopic (exact) mass is 637 g/mol. The summed E-state index contributed by atoms with van der Waals surface area (Å²) in [5.41, 5.74) is 3.01. The van der Waals surface area contributed by atoms with Crippen molar-refractivity contribution in [3.63, 3.8) is 0 Å². The lowest BCUT2D eigenvalue weighted by Crippen LogP contribution is -2.46. The maximum Gasteiger partial charge on any atom is 0.339 e. The van der Waals surface area contributed by atoms with Gasteiger partial charge in [0.1, 0.15) is 17.1 Å². The molecular formula is C39H47N3O5. The first-order chi connectivity index (χ1) is 22.2. The molecule has 1 unspecified atom stereocenters. The molecule has 1 fully saturated rings. The predicted octanol–water partition coefficient (Wildman–Crippen LogP) is 6.27. The van der Waals surface area contributed by atoms with Gasteiger partial charge in [-0.2, -0.15) is 0 Å². The first kappa shape index (κ1) is 33.9.